The quantitative estimate of drug-likeness (QED) is 0.872. The van der Waals surface area contributed by atoms with E-state index in [2.05, 4.69) is 5.32 Å². The molecule has 3 N–H and O–H groups in total. The first kappa shape index (κ1) is 17.5. The van der Waals surface area contributed by atoms with Crippen LogP contribution >= 0.6 is 0 Å². The zero-order chi connectivity index (χ0) is 17.8. The molecule has 1 fully saturated rings. The Hall–Kier alpha value is -2.33. The SMILES string of the molecule is CC(C)Oc1ccccc1-c1ccc(C(=O)NC2CCC(N)C2)cc1. The van der Waals surface area contributed by atoms with Crippen molar-refractivity contribution in [3.8, 4) is 16.9 Å². The summed E-state index contributed by atoms with van der Waals surface area (Å²) in [6, 6.07) is 16.0. The van der Waals surface area contributed by atoms with Gasteiger partial charge < -0.3 is 15.8 Å². The minimum Gasteiger partial charge on any atom is -0.490 e. The van der Waals surface area contributed by atoms with E-state index in [1.165, 1.54) is 0 Å². The topological polar surface area (TPSA) is 64.3 Å². The molecule has 132 valence electrons. The summed E-state index contributed by atoms with van der Waals surface area (Å²) in [5.41, 5.74) is 8.65. The van der Waals surface area contributed by atoms with Gasteiger partial charge in [-0.2, -0.15) is 0 Å². The molecule has 0 saturated heterocycles. The molecule has 0 radical (unpaired) electrons. The van der Waals surface area contributed by atoms with Crippen LogP contribution in [0.15, 0.2) is 48.5 Å². The van der Waals surface area contributed by atoms with Gasteiger partial charge in [-0.1, -0.05) is 30.3 Å². The Kier molecular flexibility index (Phi) is 5.39. The second-order valence-corrected chi connectivity index (χ2v) is 6.98. The smallest absolute Gasteiger partial charge is 0.251 e. The Morgan fingerprint density at radius 2 is 1.84 bits per heavy atom. The van der Waals surface area contributed by atoms with E-state index >= 15 is 0 Å². The average molecular weight is 338 g/mol. The lowest BCUT2D eigenvalue weighted by Gasteiger charge is -2.15. The first-order valence-corrected chi connectivity index (χ1v) is 8.95. The molecule has 4 nitrogen and oxygen atoms in total. The zero-order valence-corrected chi connectivity index (χ0v) is 14.9. The number of hydrogen-bond acceptors (Lipinski definition) is 3. The van der Waals surface area contributed by atoms with E-state index in [0.29, 0.717) is 5.56 Å². The van der Waals surface area contributed by atoms with Crippen molar-refractivity contribution in [2.75, 3.05) is 0 Å². The number of carbonyl (C=O) groups excluding carboxylic acids is 1. The van der Waals surface area contributed by atoms with Gasteiger partial charge in [0, 0.05) is 23.2 Å². The summed E-state index contributed by atoms with van der Waals surface area (Å²) in [7, 11) is 0. The number of amides is 1. The number of nitrogens with two attached hydrogens (primary N) is 1. The van der Waals surface area contributed by atoms with Gasteiger partial charge in [0.2, 0.25) is 0 Å². The molecule has 1 aliphatic carbocycles. The minimum absolute atomic E-state index is 0.0302. The summed E-state index contributed by atoms with van der Waals surface area (Å²) in [5, 5.41) is 3.08. The number of para-hydroxylation sites is 1. The van der Waals surface area contributed by atoms with Gasteiger partial charge in [-0.05, 0) is 56.9 Å². The third kappa shape index (κ3) is 4.40. The predicted molar refractivity (Wildman–Crippen MR) is 101 cm³/mol. The third-order valence-corrected chi connectivity index (χ3v) is 4.52. The average Bonchev–Trinajstić information content (AvgIpc) is 3.00. The maximum absolute atomic E-state index is 12.4. The number of carbonyl (C=O) groups is 1. The molecule has 1 aliphatic rings. The first-order chi connectivity index (χ1) is 12.0. The van der Waals surface area contributed by atoms with Gasteiger partial charge in [-0.25, -0.2) is 0 Å². The Morgan fingerprint density at radius 3 is 2.48 bits per heavy atom. The van der Waals surface area contributed by atoms with Crippen LogP contribution in [-0.2, 0) is 0 Å². The summed E-state index contributed by atoms with van der Waals surface area (Å²) in [6.07, 6.45) is 2.93. The first-order valence-electron chi connectivity index (χ1n) is 8.95. The molecule has 2 aromatic rings. The van der Waals surface area contributed by atoms with E-state index in [1.807, 2.05) is 62.4 Å². The van der Waals surface area contributed by atoms with Gasteiger partial charge in [0.25, 0.3) is 5.91 Å². The lowest BCUT2D eigenvalue weighted by atomic mass is 10.0. The minimum atomic E-state index is -0.0302. The normalized spacial score (nSPS) is 19.8. The highest BCUT2D eigenvalue weighted by Crippen LogP contribution is 2.30. The van der Waals surface area contributed by atoms with Gasteiger partial charge in [-0.15, -0.1) is 0 Å². The molecule has 2 unspecified atom stereocenters. The molecule has 1 saturated carbocycles. The van der Waals surface area contributed by atoms with Crippen molar-refractivity contribution in [3.05, 3.63) is 54.1 Å². The Balaban J connectivity index is 1.73. The van der Waals surface area contributed by atoms with Crippen LogP contribution in [0.25, 0.3) is 11.1 Å². The molecule has 0 aliphatic heterocycles. The van der Waals surface area contributed by atoms with Crippen molar-refractivity contribution in [2.45, 2.75) is 51.3 Å². The number of hydrogen-bond donors (Lipinski definition) is 2. The highest BCUT2D eigenvalue weighted by molar-refractivity contribution is 5.95. The van der Waals surface area contributed by atoms with Gasteiger partial charge in [0.05, 0.1) is 6.10 Å². The van der Waals surface area contributed by atoms with Crippen LogP contribution in [0.3, 0.4) is 0 Å². The Bertz CT molecular complexity index is 725. The summed E-state index contributed by atoms with van der Waals surface area (Å²) in [5.74, 6) is 0.826. The number of ether oxygens (including phenoxy) is 1. The molecular weight excluding hydrogens is 312 g/mol. The van der Waals surface area contributed by atoms with Gasteiger partial charge in [-0.3, -0.25) is 4.79 Å². The van der Waals surface area contributed by atoms with Crippen LogP contribution in [0.4, 0.5) is 0 Å². The molecule has 1 amide bonds. The van der Waals surface area contributed by atoms with Crippen LogP contribution in [0, 0.1) is 0 Å². The molecule has 2 aromatic carbocycles. The van der Waals surface area contributed by atoms with Crippen molar-refractivity contribution in [1.29, 1.82) is 0 Å². The second kappa shape index (κ2) is 7.70. The van der Waals surface area contributed by atoms with Crippen LogP contribution in [0.2, 0.25) is 0 Å². The molecule has 3 rings (SSSR count). The van der Waals surface area contributed by atoms with Crippen molar-refractivity contribution in [2.24, 2.45) is 5.73 Å². The molecular formula is C21H26N2O2. The van der Waals surface area contributed by atoms with E-state index in [4.69, 9.17) is 10.5 Å². The molecule has 25 heavy (non-hydrogen) atoms. The maximum atomic E-state index is 12.4. The van der Waals surface area contributed by atoms with Crippen LogP contribution in [0.5, 0.6) is 5.75 Å². The van der Waals surface area contributed by atoms with Crippen LogP contribution in [-0.4, -0.2) is 24.1 Å². The summed E-state index contributed by atoms with van der Waals surface area (Å²) >= 11 is 0. The molecule has 0 bridgehead atoms. The van der Waals surface area contributed by atoms with Crippen molar-refractivity contribution in [3.63, 3.8) is 0 Å². The fraction of sp³-hybridized carbons (Fsp3) is 0.381. The van der Waals surface area contributed by atoms with Crippen molar-refractivity contribution in [1.82, 2.24) is 5.32 Å². The van der Waals surface area contributed by atoms with Gasteiger partial charge in [0.15, 0.2) is 0 Å². The van der Waals surface area contributed by atoms with E-state index < -0.39 is 0 Å². The fourth-order valence-electron chi connectivity index (χ4n) is 3.28. The summed E-state index contributed by atoms with van der Waals surface area (Å²) in [4.78, 5) is 12.4. The number of nitrogens with one attached hydrogen (secondary N) is 1. The molecule has 0 heterocycles. The summed E-state index contributed by atoms with van der Waals surface area (Å²) in [6.45, 7) is 4.03. The zero-order valence-electron chi connectivity index (χ0n) is 14.9. The maximum Gasteiger partial charge on any atom is 0.251 e. The molecule has 4 heteroatoms. The number of benzene rings is 2. The second-order valence-electron chi connectivity index (χ2n) is 6.98. The van der Waals surface area contributed by atoms with Gasteiger partial charge in [0.1, 0.15) is 5.75 Å². The van der Waals surface area contributed by atoms with E-state index in [1.54, 1.807) is 0 Å². The molecule has 0 spiro atoms. The lowest BCUT2D eigenvalue weighted by molar-refractivity contribution is 0.0937. The van der Waals surface area contributed by atoms with Gasteiger partial charge >= 0.3 is 0 Å². The van der Waals surface area contributed by atoms with Crippen LogP contribution in [0.1, 0.15) is 43.5 Å². The lowest BCUT2D eigenvalue weighted by Crippen LogP contribution is -2.33. The highest BCUT2D eigenvalue weighted by atomic mass is 16.5. The number of rotatable bonds is 5. The van der Waals surface area contributed by atoms with Crippen molar-refractivity contribution < 1.29 is 9.53 Å². The van der Waals surface area contributed by atoms with E-state index in [9.17, 15) is 4.79 Å². The van der Waals surface area contributed by atoms with E-state index in [-0.39, 0.29) is 24.1 Å². The molecule has 0 aromatic heterocycles. The predicted octanol–water partition coefficient (Wildman–Crippen LogP) is 3.75. The monoisotopic (exact) mass is 338 g/mol. The Labute approximate surface area is 149 Å². The Morgan fingerprint density at radius 1 is 1.12 bits per heavy atom. The highest BCUT2D eigenvalue weighted by Gasteiger charge is 2.23. The van der Waals surface area contributed by atoms with Crippen LogP contribution < -0.4 is 15.8 Å². The fourth-order valence-corrected chi connectivity index (χ4v) is 3.28. The van der Waals surface area contributed by atoms with Crippen molar-refractivity contribution >= 4 is 5.91 Å². The third-order valence-electron chi connectivity index (χ3n) is 4.52. The largest absolute Gasteiger partial charge is 0.490 e. The summed E-state index contributed by atoms with van der Waals surface area (Å²) < 4.78 is 5.89. The van der Waals surface area contributed by atoms with E-state index in [0.717, 1.165) is 36.1 Å². The standard InChI is InChI=1S/C21H26N2O2/c1-14(2)25-20-6-4-3-5-19(20)15-7-9-16(10-8-15)21(24)23-18-12-11-17(22)13-18/h3-10,14,17-18H,11-13,22H2,1-2H3,(H,23,24). The molecule has 2 atom stereocenters.